The number of carbonyl (C=O) groups excluding carboxylic acids is 1. The molecule has 5 heteroatoms. The van der Waals surface area contributed by atoms with Gasteiger partial charge in [0, 0.05) is 18.9 Å². The van der Waals surface area contributed by atoms with Gasteiger partial charge < -0.3 is 15.1 Å². The van der Waals surface area contributed by atoms with E-state index in [2.05, 4.69) is 5.11 Å². The summed E-state index contributed by atoms with van der Waals surface area (Å²) in [6.45, 7) is 3.63. The summed E-state index contributed by atoms with van der Waals surface area (Å²) in [5, 5.41) is 13.3. The molecule has 1 amide bonds. The molecule has 0 aromatic carbocycles. The highest BCUT2D eigenvalue weighted by atomic mass is 16.4. The van der Waals surface area contributed by atoms with Gasteiger partial charge in [0.1, 0.15) is 6.04 Å². The van der Waals surface area contributed by atoms with Crippen LogP contribution in [0, 0.1) is 5.92 Å². The Morgan fingerprint density at radius 1 is 1.57 bits per heavy atom. The number of carboxylic acid groups (broad SMARTS) is 1. The molecular weight excluding hydrogens is 186 g/mol. The van der Waals surface area contributed by atoms with Crippen molar-refractivity contribution in [1.82, 2.24) is 4.90 Å². The first-order valence-electron chi connectivity index (χ1n) is 5.03. The first-order valence-corrected chi connectivity index (χ1v) is 4.62. The van der Waals surface area contributed by atoms with Crippen LogP contribution in [-0.2, 0) is 9.59 Å². The highest BCUT2D eigenvalue weighted by molar-refractivity contribution is 5.85. The largest absolute Gasteiger partial charge is 0.480 e. The molecule has 0 saturated carbocycles. The number of amides is 1. The van der Waals surface area contributed by atoms with E-state index in [1.54, 1.807) is 13.8 Å². The van der Waals surface area contributed by atoms with Crippen LogP contribution >= 0.6 is 0 Å². The minimum atomic E-state index is -1.04. The number of hydrogen-bond acceptors (Lipinski definition) is 3. The number of aliphatic hydroxyl groups excluding tert-OH is 1. The van der Waals surface area contributed by atoms with Gasteiger partial charge in [0.05, 0.1) is 6.10 Å². The van der Waals surface area contributed by atoms with Gasteiger partial charge in [0.25, 0.3) is 0 Å². The lowest BCUT2D eigenvalue weighted by Gasteiger charge is -2.22. The average molecular weight is 202 g/mol. The van der Waals surface area contributed by atoms with Crippen LogP contribution in [0.4, 0.5) is 0 Å². The van der Waals surface area contributed by atoms with Crippen LogP contribution in [0.25, 0.3) is 0 Å². The molecule has 0 aliphatic carbocycles. The SMILES string of the molecule is [2H]O[C@@H]1C[C@@H](C(=O)O)N(C(=O)C(C)C)C1. The lowest BCUT2D eigenvalue weighted by Crippen LogP contribution is -2.42. The van der Waals surface area contributed by atoms with Crippen LogP contribution in [0.5, 0.6) is 0 Å². The van der Waals surface area contributed by atoms with Crippen molar-refractivity contribution >= 4 is 11.9 Å². The fourth-order valence-corrected chi connectivity index (χ4v) is 1.61. The summed E-state index contributed by atoms with van der Waals surface area (Å²) < 4.78 is 6.74. The highest BCUT2D eigenvalue weighted by Crippen LogP contribution is 2.20. The maximum atomic E-state index is 11.7. The van der Waals surface area contributed by atoms with E-state index in [0.29, 0.717) is 0 Å². The number of rotatable bonds is 3. The summed E-state index contributed by atoms with van der Waals surface area (Å²) in [4.78, 5) is 23.8. The number of β-amino-alcohol motifs (C(OH)–C–C–N with tert-alkyl or cyclic N) is 1. The zero-order chi connectivity index (χ0) is 11.6. The van der Waals surface area contributed by atoms with Crippen molar-refractivity contribution in [2.24, 2.45) is 5.92 Å². The van der Waals surface area contributed by atoms with Crippen LogP contribution in [-0.4, -0.2) is 47.1 Å². The van der Waals surface area contributed by atoms with E-state index < -0.39 is 18.1 Å². The molecule has 1 heterocycles. The van der Waals surface area contributed by atoms with Gasteiger partial charge in [-0.2, -0.15) is 0 Å². The molecule has 0 aromatic heterocycles. The number of likely N-dealkylation sites (tertiary alicyclic amines) is 1. The molecule has 0 aromatic rings. The monoisotopic (exact) mass is 202 g/mol. The summed E-state index contributed by atoms with van der Waals surface area (Å²) >= 11 is 0. The van der Waals surface area contributed by atoms with Crippen molar-refractivity contribution in [2.45, 2.75) is 32.4 Å². The third-order valence-corrected chi connectivity index (χ3v) is 2.32. The van der Waals surface area contributed by atoms with Crippen molar-refractivity contribution in [1.29, 1.82) is 1.43 Å². The quantitative estimate of drug-likeness (QED) is 0.658. The number of hydrogen-bond donors (Lipinski definition) is 2. The molecule has 0 bridgehead atoms. The number of aliphatic hydroxyl groups is 1. The summed E-state index contributed by atoms with van der Waals surface area (Å²) in [6, 6.07) is -0.852. The second-order valence-corrected chi connectivity index (χ2v) is 3.86. The first kappa shape index (κ1) is 9.45. The van der Waals surface area contributed by atoms with Crippen molar-refractivity contribution < 1.29 is 19.8 Å². The van der Waals surface area contributed by atoms with E-state index in [9.17, 15) is 9.59 Å². The van der Waals surface area contributed by atoms with Gasteiger partial charge in [-0.15, -0.1) is 0 Å². The van der Waals surface area contributed by atoms with Crippen molar-refractivity contribution in [3.63, 3.8) is 0 Å². The Balaban J connectivity index is 2.77. The van der Waals surface area contributed by atoms with Crippen molar-refractivity contribution in [3.05, 3.63) is 0 Å². The van der Waals surface area contributed by atoms with Crippen LogP contribution in [0.3, 0.4) is 0 Å². The van der Waals surface area contributed by atoms with Gasteiger partial charge in [-0.25, -0.2) is 4.79 Å². The second kappa shape index (κ2) is 3.96. The zero-order valence-corrected chi connectivity index (χ0v) is 8.27. The van der Waals surface area contributed by atoms with E-state index in [4.69, 9.17) is 6.54 Å². The van der Waals surface area contributed by atoms with Gasteiger partial charge in [-0.3, -0.25) is 4.79 Å². The molecule has 1 aliphatic rings. The normalized spacial score (nSPS) is 27.9. The van der Waals surface area contributed by atoms with Gasteiger partial charge in [-0.1, -0.05) is 13.8 Å². The number of carboxylic acids is 1. The molecule has 0 radical (unpaired) electrons. The summed E-state index contributed by atoms with van der Waals surface area (Å²) in [5.74, 6) is -1.48. The molecule has 0 spiro atoms. The average Bonchev–Trinajstić information content (AvgIpc) is 2.60. The molecule has 1 aliphatic heterocycles. The van der Waals surface area contributed by atoms with Crippen molar-refractivity contribution in [2.75, 3.05) is 6.54 Å². The molecule has 1 saturated heterocycles. The Morgan fingerprint density at radius 2 is 2.21 bits per heavy atom. The second-order valence-electron chi connectivity index (χ2n) is 3.86. The Morgan fingerprint density at radius 3 is 2.64 bits per heavy atom. The van der Waals surface area contributed by atoms with Crippen LogP contribution in [0.2, 0.25) is 0 Å². The van der Waals surface area contributed by atoms with Crippen LogP contribution < -0.4 is 0 Å². The van der Waals surface area contributed by atoms with Gasteiger partial charge in [-0.05, 0) is 0 Å². The summed E-state index contributed by atoms with van der Waals surface area (Å²) in [5.41, 5.74) is 0. The van der Waals surface area contributed by atoms with E-state index >= 15 is 0 Å². The smallest absolute Gasteiger partial charge is 0.326 e. The topological polar surface area (TPSA) is 77.8 Å². The van der Waals surface area contributed by atoms with Crippen LogP contribution in [0.15, 0.2) is 0 Å². The lowest BCUT2D eigenvalue weighted by atomic mass is 10.1. The Labute approximate surface area is 83.8 Å². The predicted octanol–water partition coefficient (Wildman–Crippen LogP) is -0.311. The minimum Gasteiger partial charge on any atom is -0.480 e. The van der Waals surface area contributed by atoms with Crippen molar-refractivity contribution in [3.8, 4) is 0 Å². The fourth-order valence-electron chi connectivity index (χ4n) is 1.61. The maximum absolute atomic E-state index is 11.7. The molecule has 2 atom stereocenters. The summed E-state index contributed by atoms with van der Waals surface area (Å²) in [7, 11) is 0. The van der Waals surface area contributed by atoms with Crippen LogP contribution in [0.1, 0.15) is 20.3 Å². The summed E-state index contributed by atoms with van der Waals surface area (Å²) in [6.07, 6.45) is -0.300. The number of carbonyl (C=O) groups is 2. The zero-order valence-electron chi connectivity index (χ0n) is 9.27. The number of nitrogens with zero attached hydrogens (tertiary/aromatic N) is 1. The highest BCUT2D eigenvalue weighted by Gasteiger charge is 2.39. The third-order valence-electron chi connectivity index (χ3n) is 2.32. The Hall–Kier alpha value is -1.10. The molecule has 1 fully saturated rings. The standard InChI is InChI=1S/C9H15NO4/c1-5(2)8(12)10-4-6(11)3-7(10)9(13)14/h5-7,11H,3-4H2,1-2H3,(H,13,14)/t6-,7+/m1/s1/i11D. The van der Waals surface area contributed by atoms with Gasteiger partial charge in [0.15, 0.2) is 0 Å². The Bertz CT molecular complexity index is 269. The number of aliphatic carboxylic acids is 1. The maximum Gasteiger partial charge on any atom is 0.326 e. The van der Waals surface area contributed by atoms with Gasteiger partial charge in [0.2, 0.25) is 7.34 Å². The minimum absolute atomic E-state index is 0.192. The third kappa shape index (κ3) is 2.04. The van der Waals surface area contributed by atoms with E-state index in [0.717, 1.165) is 0 Å². The van der Waals surface area contributed by atoms with E-state index in [1.807, 2.05) is 0 Å². The Kier molecular flexibility index (Phi) is 2.67. The first-order chi connectivity index (χ1) is 6.97. The molecule has 2 N–H and O–H groups in total. The molecule has 0 unspecified atom stereocenters. The molecule has 1 rings (SSSR count). The van der Waals surface area contributed by atoms with E-state index in [1.165, 1.54) is 4.90 Å². The lowest BCUT2D eigenvalue weighted by molar-refractivity contribution is -0.149. The molecule has 80 valence electrons. The molecule has 14 heavy (non-hydrogen) atoms. The van der Waals surface area contributed by atoms with E-state index in [-0.39, 0.29) is 24.8 Å². The predicted molar refractivity (Wildman–Crippen MR) is 48.6 cm³/mol. The molecule has 5 nitrogen and oxygen atoms in total. The van der Waals surface area contributed by atoms with Gasteiger partial charge >= 0.3 is 5.97 Å². The molecular formula is C9H15NO4. The fraction of sp³-hybridized carbons (Fsp3) is 0.778.